The molecule has 1 aromatic carbocycles. The van der Waals surface area contributed by atoms with Gasteiger partial charge in [0.05, 0.1) is 7.11 Å². The fourth-order valence-corrected chi connectivity index (χ4v) is 4.28. The standard InChI is InChI=1S/C16H22N2O4S/c1-22-14-8-5-12(16(19)18-9-3-2-4-10-18)11-15(14)23(20,21)17-13-6-7-13/h5,8,11,13,17H,2-4,6-7,9-10H2,1H3. The Balaban J connectivity index is 1.90. The molecule has 126 valence electrons. The lowest BCUT2D eigenvalue weighted by Crippen LogP contribution is -2.35. The van der Waals surface area contributed by atoms with Crippen LogP contribution in [0.3, 0.4) is 0 Å². The van der Waals surface area contributed by atoms with Gasteiger partial charge in [0.25, 0.3) is 5.91 Å². The Labute approximate surface area is 136 Å². The third-order valence-corrected chi connectivity index (χ3v) is 5.78. The predicted octanol–water partition coefficient (Wildman–Crippen LogP) is 1.76. The minimum absolute atomic E-state index is 0.00570. The number of nitrogens with zero attached hydrogens (tertiary/aromatic N) is 1. The van der Waals surface area contributed by atoms with E-state index < -0.39 is 10.0 Å². The second-order valence-corrected chi connectivity index (χ2v) is 7.80. The van der Waals surface area contributed by atoms with Gasteiger partial charge in [-0.05, 0) is 50.3 Å². The molecule has 0 bridgehead atoms. The summed E-state index contributed by atoms with van der Waals surface area (Å²) in [5, 5.41) is 0. The highest BCUT2D eigenvalue weighted by Crippen LogP contribution is 2.29. The number of rotatable bonds is 5. The van der Waals surface area contributed by atoms with Crippen LogP contribution in [0.2, 0.25) is 0 Å². The maximum Gasteiger partial charge on any atom is 0.253 e. The first-order valence-corrected chi connectivity index (χ1v) is 9.49. The molecular formula is C16H22N2O4S. The average molecular weight is 338 g/mol. The third kappa shape index (κ3) is 3.67. The Morgan fingerprint density at radius 3 is 2.52 bits per heavy atom. The van der Waals surface area contributed by atoms with E-state index in [1.807, 2.05) is 0 Å². The van der Waals surface area contributed by atoms with Crippen molar-refractivity contribution in [3.63, 3.8) is 0 Å². The molecule has 1 N–H and O–H groups in total. The van der Waals surface area contributed by atoms with Crippen molar-refractivity contribution >= 4 is 15.9 Å². The molecule has 23 heavy (non-hydrogen) atoms. The highest BCUT2D eigenvalue weighted by molar-refractivity contribution is 7.89. The molecule has 7 heteroatoms. The van der Waals surface area contributed by atoms with Crippen LogP contribution in [0.15, 0.2) is 23.1 Å². The molecule has 0 radical (unpaired) electrons. The summed E-state index contributed by atoms with van der Waals surface area (Å²) >= 11 is 0. The maximum atomic E-state index is 12.6. The van der Waals surface area contributed by atoms with E-state index in [2.05, 4.69) is 4.72 Å². The zero-order valence-corrected chi connectivity index (χ0v) is 14.1. The number of ether oxygens (including phenoxy) is 1. The van der Waals surface area contributed by atoms with E-state index in [-0.39, 0.29) is 22.6 Å². The van der Waals surface area contributed by atoms with Crippen LogP contribution in [-0.4, -0.2) is 45.5 Å². The van der Waals surface area contributed by atoms with E-state index in [0.29, 0.717) is 5.56 Å². The second-order valence-electron chi connectivity index (χ2n) is 6.11. The van der Waals surface area contributed by atoms with Crippen LogP contribution < -0.4 is 9.46 Å². The normalized spacial score (nSPS) is 18.7. The van der Waals surface area contributed by atoms with E-state index >= 15 is 0 Å². The number of carbonyl (C=O) groups excluding carboxylic acids is 1. The predicted molar refractivity (Wildman–Crippen MR) is 86.1 cm³/mol. The maximum absolute atomic E-state index is 12.6. The van der Waals surface area contributed by atoms with Gasteiger partial charge in [-0.25, -0.2) is 13.1 Å². The van der Waals surface area contributed by atoms with Crippen LogP contribution in [0.1, 0.15) is 42.5 Å². The molecule has 3 rings (SSSR count). The van der Waals surface area contributed by atoms with Gasteiger partial charge < -0.3 is 9.64 Å². The monoisotopic (exact) mass is 338 g/mol. The summed E-state index contributed by atoms with van der Waals surface area (Å²) in [6.07, 6.45) is 4.84. The Bertz CT molecular complexity index is 692. The third-order valence-electron chi connectivity index (χ3n) is 4.24. The van der Waals surface area contributed by atoms with Crippen molar-refractivity contribution in [1.29, 1.82) is 0 Å². The lowest BCUT2D eigenvalue weighted by atomic mass is 10.1. The van der Waals surface area contributed by atoms with E-state index in [4.69, 9.17) is 4.74 Å². The average Bonchev–Trinajstić information content (AvgIpc) is 3.37. The number of methoxy groups -OCH3 is 1. The molecule has 1 saturated carbocycles. The van der Waals surface area contributed by atoms with Gasteiger partial charge in [0.15, 0.2) is 0 Å². The van der Waals surface area contributed by atoms with Gasteiger partial charge in [0.1, 0.15) is 10.6 Å². The van der Waals surface area contributed by atoms with Crippen molar-refractivity contribution in [2.45, 2.75) is 43.0 Å². The van der Waals surface area contributed by atoms with Crippen LogP contribution in [0.25, 0.3) is 0 Å². The minimum Gasteiger partial charge on any atom is -0.495 e. The molecule has 1 amide bonds. The Hall–Kier alpha value is -1.60. The quantitative estimate of drug-likeness (QED) is 0.888. The van der Waals surface area contributed by atoms with E-state index in [1.165, 1.54) is 13.2 Å². The molecule has 0 spiro atoms. The molecule has 1 saturated heterocycles. The van der Waals surface area contributed by atoms with Gasteiger partial charge in [0.2, 0.25) is 10.0 Å². The number of hydrogen-bond donors (Lipinski definition) is 1. The van der Waals surface area contributed by atoms with Gasteiger partial charge in [-0.1, -0.05) is 0 Å². The second kappa shape index (κ2) is 6.49. The largest absolute Gasteiger partial charge is 0.495 e. The molecular weight excluding hydrogens is 316 g/mol. The number of hydrogen-bond acceptors (Lipinski definition) is 4. The van der Waals surface area contributed by atoms with Crippen LogP contribution in [0, 0.1) is 0 Å². The highest BCUT2D eigenvalue weighted by Gasteiger charge is 2.30. The van der Waals surface area contributed by atoms with Gasteiger partial charge in [-0.2, -0.15) is 0 Å². The summed E-state index contributed by atoms with van der Waals surface area (Å²) < 4.78 is 32.8. The summed E-state index contributed by atoms with van der Waals surface area (Å²) in [6, 6.07) is 4.62. The lowest BCUT2D eigenvalue weighted by molar-refractivity contribution is 0.0724. The Morgan fingerprint density at radius 2 is 1.91 bits per heavy atom. The Kier molecular flexibility index (Phi) is 4.59. The van der Waals surface area contributed by atoms with E-state index in [9.17, 15) is 13.2 Å². The summed E-state index contributed by atoms with van der Waals surface area (Å²) in [6.45, 7) is 1.46. The van der Waals surface area contributed by atoms with Gasteiger partial charge in [-0.15, -0.1) is 0 Å². The van der Waals surface area contributed by atoms with Gasteiger partial charge in [0, 0.05) is 24.7 Å². The van der Waals surface area contributed by atoms with Crippen LogP contribution in [0.4, 0.5) is 0 Å². The minimum atomic E-state index is -3.67. The summed E-state index contributed by atoms with van der Waals surface area (Å²) in [5.41, 5.74) is 0.392. The van der Waals surface area contributed by atoms with Crippen LogP contribution in [0.5, 0.6) is 5.75 Å². The topological polar surface area (TPSA) is 75.7 Å². The molecule has 2 aliphatic rings. The summed E-state index contributed by atoms with van der Waals surface area (Å²) in [4.78, 5) is 14.4. The molecule has 1 aliphatic carbocycles. The van der Waals surface area contributed by atoms with Crippen molar-refractivity contribution in [3.05, 3.63) is 23.8 Å². The smallest absolute Gasteiger partial charge is 0.253 e. The molecule has 0 atom stereocenters. The number of benzene rings is 1. The summed E-state index contributed by atoms with van der Waals surface area (Å²) in [7, 11) is -2.24. The number of nitrogens with one attached hydrogen (secondary N) is 1. The van der Waals surface area contributed by atoms with E-state index in [1.54, 1.807) is 17.0 Å². The first kappa shape index (κ1) is 16.3. The van der Waals surface area contributed by atoms with Crippen molar-refractivity contribution in [2.24, 2.45) is 0 Å². The first-order valence-electron chi connectivity index (χ1n) is 8.01. The van der Waals surface area contributed by atoms with Gasteiger partial charge in [-0.3, -0.25) is 4.79 Å². The van der Waals surface area contributed by atoms with Crippen molar-refractivity contribution in [1.82, 2.24) is 9.62 Å². The lowest BCUT2D eigenvalue weighted by Gasteiger charge is -2.27. The number of piperidine rings is 1. The number of likely N-dealkylation sites (tertiary alicyclic amines) is 1. The molecule has 1 heterocycles. The Morgan fingerprint density at radius 1 is 1.22 bits per heavy atom. The molecule has 1 aromatic rings. The summed E-state index contributed by atoms with van der Waals surface area (Å²) in [5.74, 6) is 0.142. The van der Waals surface area contributed by atoms with Gasteiger partial charge >= 0.3 is 0 Å². The number of carbonyl (C=O) groups is 1. The highest BCUT2D eigenvalue weighted by atomic mass is 32.2. The SMILES string of the molecule is COc1ccc(C(=O)N2CCCCC2)cc1S(=O)(=O)NC1CC1. The zero-order valence-electron chi connectivity index (χ0n) is 13.2. The van der Waals surface area contributed by atoms with Crippen LogP contribution in [-0.2, 0) is 10.0 Å². The zero-order chi connectivity index (χ0) is 16.4. The first-order chi connectivity index (χ1) is 11.0. The molecule has 0 unspecified atom stereocenters. The number of sulfonamides is 1. The molecule has 6 nitrogen and oxygen atoms in total. The number of amides is 1. The molecule has 0 aromatic heterocycles. The molecule has 1 aliphatic heterocycles. The molecule has 2 fully saturated rings. The van der Waals surface area contributed by atoms with Crippen molar-refractivity contribution in [2.75, 3.05) is 20.2 Å². The fraction of sp³-hybridized carbons (Fsp3) is 0.562. The fourth-order valence-electron chi connectivity index (χ4n) is 2.78. The van der Waals surface area contributed by atoms with E-state index in [0.717, 1.165) is 45.2 Å². The van der Waals surface area contributed by atoms with Crippen LogP contribution >= 0.6 is 0 Å². The van der Waals surface area contributed by atoms with Crippen molar-refractivity contribution in [3.8, 4) is 5.75 Å². The van der Waals surface area contributed by atoms with Crippen molar-refractivity contribution < 1.29 is 17.9 Å².